The van der Waals surface area contributed by atoms with Crippen LogP contribution in [0.4, 0.5) is 0 Å². The summed E-state index contributed by atoms with van der Waals surface area (Å²) in [6.07, 6.45) is 0.458. The Morgan fingerprint density at radius 1 is 1.48 bits per heavy atom. The monoisotopic (exact) mass is 305 g/mol. The lowest BCUT2D eigenvalue weighted by Crippen LogP contribution is -2.58. The molecule has 21 heavy (non-hydrogen) atoms. The van der Waals surface area contributed by atoms with Gasteiger partial charge in [-0.3, -0.25) is 9.59 Å². The van der Waals surface area contributed by atoms with E-state index in [9.17, 15) is 9.59 Å². The number of carbonyl (C=O) groups is 2. The molecule has 0 saturated carbocycles. The molecule has 1 saturated heterocycles. The Balaban J connectivity index is 2.16. The molecule has 0 aliphatic carbocycles. The maximum atomic E-state index is 12.7. The number of hydrogen-bond donors (Lipinski definition) is 2. The molecule has 112 valence electrons. The number of benzene rings is 1. The molecule has 0 bridgehead atoms. The van der Waals surface area contributed by atoms with Gasteiger partial charge in [-0.15, -0.1) is 0 Å². The van der Waals surface area contributed by atoms with E-state index in [1.54, 1.807) is 11.8 Å². The van der Waals surface area contributed by atoms with Gasteiger partial charge < -0.3 is 16.0 Å². The fourth-order valence-corrected chi connectivity index (χ4v) is 2.63. The first kappa shape index (κ1) is 15.4. The van der Waals surface area contributed by atoms with Gasteiger partial charge in [-0.05, 0) is 18.9 Å². The highest BCUT2D eigenvalue weighted by atomic mass is 32.1. The highest BCUT2D eigenvalue weighted by molar-refractivity contribution is 7.80. The minimum Gasteiger partial charge on any atom is -0.393 e. The van der Waals surface area contributed by atoms with Crippen LogP contribution in [-0.2, 0) is 16.0 Å². The maximum absolute atomic E-state index is 12.7. The van der Waals surface area contributed by atoms with E-state index >= 15 is 0 Å². The standard InChI is InChI=1S/C15H19N3O2S/c1-10-14(19)17-7-8-18(10)15(20)12(13(16)21)9-11-5-3-2-4-6-11/h2-6,10,12H,7-9H2,1H3,(H2,16,21)(H,17,19). The number of hydrogen-bond acceptors (Lipinski definition) is 3. The quantitative estimate of drug-likeness (QED) is 0.793. The second-order valence-corrected chi connectivity index (χ2v) is 5.61. The van der Waals surface area contributed by atoms with Gasteiger partial charge in [0.25, 0.3) is 0 Å². The molecular formula is C15H19N3O2S. The first-order chi connectivity index (χ1) is 10.0. The van der Waals surface area contributed by atoms with Crippen molar-refractivity contribution in [2.75, 3.05) is 13.1 Å². The molecule has 6 heteroatoms. The minimum absolute atomic E-state index is 0.143. The topological polar surface area (TPSA) is 75.4 Å². The highest BCUT2D eigenvalue weighted by Crippen LogP contribution is 2.16. The lowest BCUT2D eigenvalue weighted by molar-refractivity contribution is -0.143. The molecule has 1 heterocycles. The van der Waals surface area contributed by atoms with Crippen molar-refractivity contribution in [2.45, 2.75) is 19.4 Å². The van der Waals surface area contributed by atoms with Gasteiger partial charge in [0.15, 0.2) is 0 Å². The van der Waals surface area contributed by atoms with Gasteiger partial charge >= 0.3 is 0 Å². The number of carbonyl (C=O) groups excluding carboxylic acids is 2. The number of rotatable bonds is 4. The summed E-state index contributed by atoms with van der Waals surface area (Å²) in [6.45, 7) is 2.66. The molecule has 2 amide bonds. The molecule has 2 atom stereocenters. The minimum atomic E-state index is -0.573. The van der Waals surface area contributed by atoms with Gasteiger partial charge in [-0.2, -0.15) is 0 Å². The Bertz CT molecular complexity index is 547. The predicted octanol–water partition coefficient (Wildman–Crippen LogP) is 0.478. The summed E-state index contributed by atoms with van der Waals surface area (Å²) >= 11 is 5.06. The molecule has 1 aliphatic heterocycles. The first-order valence-corrected chi connectivity index (χ1v) is 7.33. The average Bonchev–Trinajstić information content (AvgIpc) is 2.48. The van der Waals surface area contributed by atoms with Gasteiger partial charge in [0.05, 0.1) is 10.9 Å². The molecule has 1 aliphatic rings. The second kappa shape index (κ2) is 6.67. The van der Waals surface area contributed by atoms with E-state index in [2.05, 4.69) is 5.32 Å². The number of nitrogens with one attached hydrogen (secondary N) is 1. The molecule has 1 aromatic carbocycles. The second-order valence-electron chi connectivity index (χ2n) is 5.14. The van der Waals surface area contributed by atoms with Gasteiger partial charge in [0, 0.05) is 13.1 Å². The van der Waals surface area contributed by atoms with Crippen molar-refractivity contribution >= 4 is 29.0 Å². The van der Waals surface area contributed by atoms with Gasteiger partial charge in [-0.25, -0.2) is 0 Å². The van der Waals surface area contributed by atoms with Gasteiger partial charge in [0.1, 0.15) is 6.04 Å². The average molecular weight is 305 g/mol. The summed E-state index contributed by atoms with van der Waals surface area (Å²) in [6, 6.07) is 9.12. The molecule has 2 rings (SSSR count). The summed E-state index contributed by atoms with van der Waals surface area (Å²) in [5.74, 6) is -0.888. The van der Waals surface area contributed by atoms with Crippen molar-refractivity contribution in [3.8, 4) is 0 Å². The number of nitrogens with zero attached hydrogens (tertiary/aromatic N) is 1. The summed E-state index contributed by atoms with van der Waals surface area (Å²) in [5, 5.41) is 2.74. The zero-order chi connectivity index (χ0) is 15.4. The zero-order valence-corrected chi connectivity index (χ0v) is 12.7. The molecule has 0 radical (unpaired) electrons. The molecule has 1 fully saturated rings. The van der Waals surface area contributed by atoms with Gasteiger partial charge in [-0.1, -0.05) is 42.5 Å². The van der Waals surface area contributed by atoms with E-state index in [0.717, 1.165) is 5.56 Å². The molecule has 5 nitrogen and oxygen atoms in total. The fourth-order valence-electron chi connectivity index (χ4n) is 2.44. The van der Waals surface area contributed by atoms with Crippen LogP contribution in [0.3, 0.4) is 0 Å². The Labute approximate surface area is 129 Å². The molecule has 0 aromatic heterocycles. The van der Waals surface area contributed by atoms with E-state index in [-0.39, 0.29) is 16.8 Å². The third kappa shape index (κ3) is 3.58. The lowest BCUT2D eigenvalue weighted by Gasteiger charge is -2.35. The lowest BCUT2D eigenvalue weighted by atomic mass is 9.96. The van der Waals surface area contributed by atoms with Crippen LogP contribution in [0, 0.1) is 5.92 Å². The van der Waals surface area contributed by atoms with Crippen molar-refractivity contribution in [3.63, 3.8) is 0 Å². The molecule has 0 spiro atoms. The summed E-state index contributed by atoms with van der Waals surface area (Å²) in [7, 11) is 0. The number of piperazine rings is 1. The SMILES string of the molecule is CC1C(=O)NCCN1C(=O)C(Cc1ccccc1)C(N)=S. The van der Waals surface area contributed by atoms with Crippen LogP contribution < -0.4 is 11.1 Å². The Morgan fingerprint density at radius 3 is 2.76 bits per heavy atom. The third-order valence-electron chi connectivity index (χ3n) is 3.71. The maximum Gasteiger partial charge on any atom is 0.242 e. The van der Waals surface area contributed by atoms with Crippen molar-refractivity contribution in [3.05, 3.63) is 35.9 Å². The van der Waals surface area contributed by atoms with Gasteiger partial charge in [0.2, 0.25) is 11.8 Å². The Hall–Kier alpha value is -1.95. The van der Waals surface area contributed by atoms with Crippen molar-refractivity contribution in [1.29, 1.82) is 0 Å². The largest absolute Gasteiger partial charge is 0.393 e. The molecule has 2 unspecified atom stereocenters. The Morgan fingerprint density at radius 2 is 2.14 bits per heavy atom. The fraction of sp³-hybridized carbons (Fsp3) is 0.400. The van der Waals surface area contributed by atoms with Crippen LogP contribution in [0.5, 0.6) is 0 Å². The zero-order valence-electron chi connectivity index (χ0n) is 11.9. The highest BCUT2D eigenvalue weighted by Gasteiger charge is 2.34. The number of thiocarbonyl (C=S) groups is 1. The third-order valence-corrected chi connectivity index (χ3v) is 3.99. The molecular weight excluding hydrogens is 286 g/mol. The predicted molar refractivity (Wildman–Crippen MR) is 84.6 cm³/mol. The van der Waals surface area contributed by atoms with Crippen LogP contribution in [0.25, 0.3) is 0 Å². The van der Waals surface area contributed by atoms with Crippen molar-refractivity contribution < 1.29 is 9.59 Å². The van der Waals surface area contributed by atoms with E-state index in [0.29, 0.717) is 19.5 Å². The van der Waals surface area contributed by atoms with Crippen molar-refractivity contribution in [1.82, 2.24) is 10.2 Å². The van der Waals surface area contributed by atoms with E-state index in [4.69, 9.17) is 18.0 Å². The van der Waals surface area contributed by atoms with Crippen LogP contribution in [0.15, 0.2) is 30.3 Å². The van der Waals surface area contributed by atoms with E-state index < -0.39 is 12.0 Å². The van der Waals surface area contributed by atoms with Crippen LogP contribution in [0.2, 0.25) is 0 Å². The number of amides is 2. The summed E-state index contributed by atoms with van der Waals surface area (Å²) < 4.78 is 0. The van der Waals surface area contributed by atoms with Crippen molar-refractivity contribution in [2.24, 2.45) is 11.7 Å². The van der Waals surface area contributed by atoms with Crippen LogP contribution in [-0.4, -0.2) is 40.8 Å². The molecule has 3 N–H and O–H groups in total. The Kier molecular flexibility index (Phi) is 4.90. The smallest absolute Gasteiger partial charge is 0.242 e. The van der Waals surface area contributed by atoms with Crippen LogP contribution in [0.1, 0.15) is 12.5 Å². The van der Waals surface area contributed by atoms with E-state index in [1.165, 1.54) is 0 Å². The van der Waals surface area contributed by atoms with E-state index in [1.807, 2.05) is 30.3 Å². The van der Waals surface area contributed by atoms with Crippen LogP contribution >= 0.6 is 12.2 Å². The summed E-state index contributed by atoms with van der Waals surface area (Å²) in [5.41, 5.74) is 6.75. The summed E-state index contributed by atoms with van der Waals surface area (Å²) in [4.78, 5) is 26.1. The number of nitrogens with two attached hydrogens (primary N) is 1. The molecule has 1 aromatic rings. The normalized spacial score (nSPS) is 19.8. The first-order valence-electron chi connectivity index (χ1n) is 6.92.